The number of phosphoric ester groups is 2. The van der Waals surface area contributed by atoms with Crippen LogP contribution in [0.1, 0.15) is 420 Å². The third-order valence-electron chi connectivity index (χ3n) is 19.1. The smallest absolute Gasteiger partial charge is 0.462 e. The number of ether oxygens (including phenoxy) is 4. The molecule has 0 aliphatic carbocycles. The van der Waals surface area contributed by atoms with Gasteiger partial charge in [0.1, 0.15) is 19.3 Å². The molecule has 0 bridgehead atoms. The molecule has 99 heavy (non-hydrogen) atoms. The normalized spacial score (nSPS) is 14.2. The summed E-state index contributed by atoms with van der Waals surface area (Å²) in [6.45, 7) is 9.57. The number of phosphoric acid groups is 2. The Bertz CT molecular complexity index is 1910. The first-order chi connectivity index (χ1) is 47.9. The SMILES string of the molecule is CCCCCCCCCCCCCCCCCCCCCCCCC(=O)O[C@H](COC(=O)CCCCCCCCCCCCC(C)CC)COP(=O)(O)OC[C@@H](O)COP(=O)(O)OC[C@@H](COC(=O)CCCCCCCCC(C)C)OC(=O)CCCCCCCCCCCCCCCC. The van der Waals surface area contributed by atoms with Crippen LogP contribution in [0.5, 0.6) is 0 Å². The van der Waals surface area contributed by atoms with Crippen LogP contribution in [0, 0.1) is 11.8 Å². The zero-order valence-corrected chi connectivity index (χ0v) is 66.6. The molecule has 17 nitrogen and oxygen atoms in total. The van der Waals surface area contributed by atoms with Crippen LogP contribution >= 0.6 is 15.6 Å². The van der Waals surface area contributed by atoms with Crippen molar-refractivity contribution in [2.24, 2.45) is 11.8 Å². The van der Waals surface area contributed by atoms with Crippen molar-refractivity contribution in [2.75, 3.05) is 39.6 Å². The van der Waals surface area contributed by atoms with Gasteiger partial charge in [0.05, 0.1) is 26.4 Å². The lowest BCUT2D eigenvalue weighted by molar-refractivity contribution is -0.161. The molecule has 0 heterocycles. The second-order valence-electron chi connectivity index (χ2n) is 29.5. The molecule has 0 spiro atoms. The second-order valence-corrected chi connectivity index (χ2v) is 32.4. The van der Waals surface area contributed by atoms with Gasteiger partial charge in [0, 0.05) is 25.7 Å². The fourth-order valence-corrected chi connectivity index (χ4v) is 13.9. The summed E-state index contributed by atoms with van der Waals surface area (Å²) in [5.41, 5.74) is 0. The molecule has 0 aliphatic heterocycles. The number of carbonyl (C=O) groups is 4. The predicted molar refractivity (Wildman–Crippen MR) is 405 cm³/mol. The summed E-state index contributed by atoms with van der Waals surface area (Å²) < 4.78 is 68.6. The van der Waals surface area contributed by atoms with E-state index >= 15 is 0 Å². The average molecular weight is 1450 g/mol. The van der Waals surface area contributed by atoms with Crippen molar-refractivity contribution >= 4 is 39.5 Å². The molecule has 588 valence electrons. The number of rotatable bonds is 79. The summed E-state index contributed by atoms with van der Waals surface area (Å²) >= 11 is 0. The lowest BCUT2D eigenvalue weighted by Crippen LogP contribution is -2.30. The minimum Gasteiger partial charge on any atom is -0.462 e. The van der Waals surface area contributed by atoms with E-state index < -0.39 is 97.5 Å². The lowest BCUT2D eigenvalue weighted by atomic mass is 9.99. The van der Waals surface area contributed by atoms with Crippen LogP contribution in [0.25, 0.3) is 0 Å². The van der Waals surface area contributed by atoms with Gasteiger partial charge < -0.3 is 33.8 Å². The minimum atomic E-state index is -4.96. The Morgan fingerprint density at radius 3 is 0.768 bits per heavy atom. The van der Waals surface area contributed by atoms with Gasteiger partial charge in [0.25, 0.3) is 0 Å². The van der Waals surface area contributed by atoms with E-state index in [1.807, 2.05) is 0 Å². The highest BCUT2D eigenvalue weighted by molar-refractivity contribution is 7.47. The summed E-state index contributed by atoms with van der Waals surface area (Å²) in [5, 5.41) is 10.6. The van der Waals surface area contributed by atoms with Gasteiger partial charge in [0.2, 0.25) is 0 Å². The molecule has 3 unspecified atom stereocenters. The minimum absolute atomic E-state index is 0.107. The highest BCUT2D eigenvalue weighted by Gasteiger charge is 2.30. The zero-order chi connectivity index (χ0) is 72.8. The summed E-state index contributed by atoms with van der Waals surface area (Å²) in [6, 6.07) is 0. The monoisotopic (exact) mass is 1450 g/mol. The van der Waals surface area contributed by atoms with Crippen molar-refractivity contribution in [1.82, 2.24) is 0 Å². The maximum Gasteiger partial charge on any atom is 0.472 e. The van der Waals surface area contributed by atoms with E-state index in [9.17, 15) is 43.2 Å². The Kier molecular flexibility index (Phi) is 70.3. The predicted octanol–water partition coefficient (Wildman–Crippen LogP) is 23.9. The van der Waals surface area contributed by atoms with Crippen molar-refractivity contribution in [3.63, 3.8) is 0 Å². The standard InChI is InChI=1S/C80H156O17P2/c1-7-10-12-14-16-18-20-22-24-25-26-27-28-29-30-31-33-35-41-45-53-59-65-79(84)96-75(68-90-77(82)62-56-50-43-39-37-36-38-42-49-55-61-73(6)9-3)70-94-98(86,87)92-66-74(81)67-93-99(88,89)95-71-76(69-91-78(83)63-57-51-47-46-48-54-60-72(4)5)97-80(85)64-58-52-44-40-34-32-23-21-19-17-15-13-11-8-2/h72-76,81H,7-71H2,1-6H3,(H,86,87)(H,88,89)/t73?,74-,75-,76-/m1/s1. The van der Waals surface area contributed by atoms with Crippen LogP contribution < -0.4 is 0 Å². The number of esters is 4. The molecule has 0 saturated heterocycles. The third-order valence-corrected chi connectivity index (χ3v) is 21.0. The van der Waals surface area contributed by atoms with Crippen molar-refractivity contribution in [1.29, 1.82) is 0 Å². The van der Waals surface area contributed by atoms with Gasteiger partial charge in [-0.2, -0.15) is 0 Å². The Hall–Kier alpha value is -1.94. The zero-order valence-electron chi connectivity index (χ0n) is 64.8. The lowest BCUT2D eigenvalue weighted by Gasteiger charge is -2.21. The van der Waals surface area contributed by atoms with E-state index in [0.717, 1.165) is 102 Å². The van der Waals surface area contributed by atoms with Gasteiger partial charge >= 0.3 is 39.5 Å². The molecular formula is C80H156O17P2. The van der Waals surface area contributed by atoms with Crippen LogP contribution in [0.15, 0.2) is 0 Å². The van der Waals surface area contributed by atoms with Crippen molar-refractivity contribution in [3.8, 4) is 0 Å². The molecule has 0 fully saturated rings. The number of aliphatic hydroxyl groups is 1. The Labute approximate surface area is 607 Å². The maximum absolute atomic E-state index is 13.1. The van der Waals surface area contributed by atoms with Crippen LogP contribution in [-0.2, 0) is 65.4 Å². The van der Waals surface area contributed by atoms with E-state index in [0.29, 0.717) is 31.6 Å². The molecule has 0 aliphatic rings. The number of hydrogen-bond acceptors (Lipinski definition) is 15. The van der Waals surface area contributed by atoms with Gasteiger partial charge in [-0.05, 0) is 37.5 Å². The van der Waals surface area contributed by atoms with Gasteiger partial charge in [-0.25, -0.2) is 9.13 Å². The summed E-state index contributed by atoms with van der Waals surface area (Å²) in [7, 11) is -9.92. The highest BCUT2D eigenvalue weighted by atomic mass is 31.2. The first-order valence-electron chi connectivity index (χ1n) is 41.5. The quantitative estimate of drug-likeness (QED) is 0.0222. The molecule has 0 saturated carbocycles. The molecule has 0 aromatic heterocycles. The van der Waals surface area contributed by atoms with E-state index in [1.54, 1.807) is 0 Å². The molecule has 3 N–H and O–H groups in total. The maximum atomic E-state index is 13.1. The molecule has 19 heteroatoms. The molecule has 6 atom stereocenters. The van der Waals surface area contributed by atoms with Crippen molar-refractivity contribution < 1.29 is 80.2 Å². The third kappa shape index (κ3) is 72.8. The molecule has 0 aromatic carbocycles. The van der Waals surface area contributed by atoms with Crippen LogP contribution in [0.4, 0.5) is 0 Å². The van der Waals surface area contributed by atoms with Crippen LogP contribution in [-0.4, -0.2) is 96.7 Å². The summed E-state index contributed by atoms with van der Waals surface area (Å²) in [5.74, 6) is -0.624. The van der Waals surface area contributed by atoms with E-state index in [4.69, 9.17) is 37.0 Å². The highest BCUT2D eigenvalue weighted by Crippen LogP contribution is 2.45. The van der Waals surface area contributed by atoms with Crippen LogP contribution in [0.2, 0.25) is 0 Å². The van der Waals surface area contributed by atoms with E-state index in [1.165, 1.54) is 231 Å². The number of aliphatic hydroxyl groups excluding tert-OH is 1. The Morgan fingerprint density at radius 1 is 0.293 bits per heavy atom. The summed E-state index contributed by atoms with van der Waals surface area (Å²) in [4.78, 5) is 72.9. The van der Waals surface area contributed by atoms with Gasteiger partial charge in [-0.1, -0.05) is 369 Å². The number of carbonyl (C=O) groups excluding carboxylic acids is 4. The molecule has 0 rings (SSSR count). The van der Waals surface area contributed by atoms with Crippen molar-refractivity contribution in [2.45, 2.75) is 439 Å². The Balaban J connectivity index is 5.19. The van der Waals surface area contributed by atoms with Gasteiger partial charge in [-0.15, -0.1) is 0 Å². The summed E-state index contributed by atoms with van der Waals surface area (Å²) in [6.07, 6.45) is 61.3. The molecular weight excluding hydrogens is 1290 g/mol. The van der Waals surface area contributed by atoms with E-state index in [-0.39, 0.29) is 25.7 Å². The van der Waals surface area contributed by atoms with Crippen molar-refractivity contribution in [3.05, 3.63) is 0 Å². The van der Waals surface area contributed by atoms with Crippen LogP contribution in [0.3, 0.4) is 0 Å². The molecule has 0 radical (unpaired) electrons. The fourth-order valence-electron chi connectivity index (χ4n) is 12.3. The molecule has 0 amide bonds. The Morgan fingerprint density at radius 2 is 0.515 bits per heavy atom. The molecule has 0 aromatic rings. The topological polar surface area (TPSA) is 237 Å². The second kappa shape index (κ2) is 71.7. The fraction of sp³-hybridized carbons (Fsp3) is 0.950. The largest absolute Gasteiger partial charge is 0.472 e. The van der Waals surface area contributed by atoms with Gasteiger partial charge in [0.15, 0.2) is 12.2 Å². The first-order valence-corrected chi connectivity index (χ1v) is 44.5. The number of hydrogen-bond donors (Lipinski definition) is 3. The average Bonchev–Trinajstić information content (AvgIpc) is 1.000. The van der Waals surface area contributed by atoms with E-state index in [2.05, 4.69) is 41.5 Å². The van der Waals surface area contributed by atoms with Gasteiger partial charge in [-0.3, -0.25) is 37.3 Å². The number of unbranched alkanes of at least 4 members (excludes halogenated alkanes) is 48. The first kappa shape index (κ1) is 97.1.